The summed E-state index contributed by atoms with van der Waals surface area (Å²) in [5.74, 6) is -0.223. The molecule has 0 aliphatic heterocycles. The van der Waals surface area contributed by atoms with Crippen LogP contribution in [0.3, 0.4) is 0 Å². The molecular formula is C17H22N2O2. The van der Waals surface area contributed by atoms with Crippen molar-refractivity contribution in [3.63, 3.8) is 0 Å². The summed E-state index contributed by atoms with van der Waals surface area (Å²) in [6.45, 7) is -0.123. The molecule has 0 bridgehead atoms. The molecule has 1 saturated carbocycles. The summed E-state index contributed by atoms with van der Waals surface area (Å²) < 4.78 is 0. The van der Waals surface area contributed by atoms with E-state index in [9.17, 15) is 15.2 Å². The quantitative estimate of drug-likeness (QED) is 0.871. The molecule has 1 fully saturated rings. The Morgan fingerprint density at radius 3 is 2.52 bits per heavy atom. The van der Waals surface area contributed by atoms with Gasteiger partial charge in [0.1, 0.15) is 5.41 Å². The van der Waals surface area contributed by atoms with E-state index in [4.69, 9.17) is 0 Å². The lowest BCUT2D eigenvalue weighted by molar-refractivity contribution is -0.130. The topological polar surface area (TPSA) is 73.1 Å². The van der Waals surface area contributed by atoms with Crippen LogP contribution in [0.5, 0.6) is 0 Å². The van der Waals surface area contributed by atoms with Gasteiger partial charge in [-0.25, -0.2) is 0 Å². The lowest BCUT2D eigenvalue weighted by Gasteiger charge is -2.31. The van der Waals surface area contributed by atoms with Crippen LogP contribution < -0.4 is 5.32 Å². The highest BCUT2D eigenvalue weighted by molar-refractivity contribution is 5.85. The molecule has 1 atom stereocenters. The third-order valence-corrected chi connectivity index (χ3v) is 4.24. The van der Waals surface area contributed by atoms with Gasteiger partial charge in [-0.3, -0.25) is 4.79 Å². The molecule has 4 heteroatoms. The number of aliphatic hydroxyl groups excluding tert-OH is 1. The summed E-state index contributed by atoms with van der Waals surface area (Å²) in [5, 5.41) is 21.8. The van der Waals surface area contributed by atoms with E-state index in [1.54, 1.807) is 0 Å². The van der Waals surface area contributed by atoms with E-state index in [1.165, 1.54) is 0 Å². The molecule has 4 nitrogen and oxygen atoms in total. The van der Waals surface area contributed by atoms with Crippen molar-refractivity contribution in [2.45, 2.75) is 44.6 Å². The van der Waals surface area contributed by atoms with Crippen LogP contribution in [0.2, 0.25) is 0 Å². The Kier molecular flexibility index (Phi) is 5.35. The zero-order valence-corrected chi connectivity index (χ0v) is 12.2. The maximum absolute atomic E-state index is 12.5. The Morgan fingerprint density at radius 2 is 1.95 bits per heavy atom. The number of benzene rings is 1. The number of carbonyl (C=O) groups excluding carboxylic acids is 1. The lowest BCUT2D eigenvalue weighted by Crippen LogP contribution is -2.48. The van der Waals surface area contributed by atoms with Crippen molar-refractivity contribution < 1.29 is 9.90 Å². The molecule has 21 heavy (non-hydrogen) atoms. The molecule has 2 rings (SSSR count). The third-order valence-electron chi connectivity index (χ3n) is 4.24. The van der Waals surface area contributed by atoms with Crippen LogP contribution in [0, 0.1) is 16.7 Å². The number of carbonyl (C=O) groups is 1. The number of hydrogen-bond acceptors (Lipinski definition) is 3. The number of nitriles is 1. The molecule has 2 N–H and O–H groups in total. The predicted molar refractivity (Wildman–Crippen MR) is 80.3 cm³/mol. The molecule has 0 spiro atoms. The minimum atomic E-state index is -0.900. The zero-order chi connectivity index (χ0) is 15.1. The summed E-state index contributed by atoms with van der Waals surface area (Å²) in [5.41, 5.74) is 0.161. The van der Waals surface area contributed by atoms with Crippen LogP contribution >= 0.6 is 0 Å². The minimum Gasteiger partial charge on any atom is -0.394 e. The van der Waals surface area contributed by atoms with E-state index in [2.05, 4.69) is 11.4 Å². The predicted octanol–water partition coefficient (Wildman–Crippen LogP) is 2.18. The number of nitrogens with zero attached hydrogens (tertiary/aromatic N) is 1. The molecule has 0 saturated heterocycles. The fraction of sp³-hybridized carbons (Fsp3) is 0.529. The summed E-state index contributed by atoms with van der Waals surface area (Å²) in [4.78, 5) is 12.5. The normalized spacial score (nSPS) is 18.5. The first-order chi connectivity index (χ1) is 10.2. The standard InChI is InChI=1S/C17H22N2O2/c18-13-17(9-5-2-6-10-17)16(21)19-15(12-20)11-14-7-3-1-4-8-14/h1,3-4,7-8,15,20H,2,5-6,9-12H2,(H,19,21)/t15-/m1/s1. The van der Waals surface area contributed by atoms with E-state index >= 15 is 0 Å². The molecule has 0 heterocycles. The van der Waals surface area contributed by atoms with Gasteiger partial charge in [-0.15, -0.1) is 0 Å². The van der Waals surface area contributed by atoms with E-state index in [1.807, 2.05) is 30.3 Å². The van der Waals surface area contributed by atoms with Crippen LogP contribution in [-0.2, 0) is 11.2 Å². The van der Waals surface area contributed by atoms with Crippen molar-refractivity contribution in [2.24, 2.45) is 5.41 Å². The fourth-order valence-electron chi connectivity index (χ4n) is 2.93. The first-order valence-corrected chi connectivity index (χ1v) is 7.57. The second kappa shape index (κ2) is 7.24. The van der Waals surface area contributed by atoms with Gasteiger partial charge in [0.2, 0.25) is 5.91 Å². The van der Waals surface area contributed by atoms with E-state index < -0.39 is 5.41 Å². The summed E-state index contributed by atoms with van der Waals surface area (Å²) >= 11 is 0. The van der Waals surface area contributed by atoms with Crippen LogP contribution in [0.15, 0.2) is 30.3 Å². The number of nitrogens with one attached hydrogen (secondary N) is 1. The molecule has 1 aromatic rings. The van der Waals surface area contributed by atoms with Crippen molar-refractivity contribution in [2.75, 3.05) is 6.61 Å². The van der Waals surface area contributed by atoms with Crippen molar-refractivity contribution in [3.8, 4) is 6.07 Å². The lowest BCUT2D eigenvalue weighted by atomic mass is 9.74. The zero-order valence-electron chi connectivity index (χ0n) is 12.2. The van der Waals surface area contributed by atoms with E-state index in [0.29, 0.717) is 19.3 Å². The number of hydrogen-bond donors (Lipinski definition) is 2. The van der Waals surface area contributed by atoms with Crippen molar-refractivity contribution in [1.82, 2.24) is 5.32 Å². The first-order valence-electron chi connectivity index (χ1n) is 7.57. The maximum atomic E-state index is 12.5. The second-order valence-electron chi connectivity index (χ2n) is 5.80. The van der Waals surface area contributed by atoms with E-state index in [-0.39, 0.29) is 18.6 Å². The van der Waals surface area contributed by atoms with Crippen LogP contribution in [0.1, 0.15) is 37.7 Å². The number of rotatable bonds is 5. The van der Waals surface area contributed by atoms with Gasteiger partial charge >= 0.3 is 0 Å². The molecule has 1 aliphatic rings. The Balaban J connectivity index is 2.00. The smallest absolute Gasteiger partial charge is 0.240 e. The van der Waals surface area contributed by atoms with Crippen LogP contribution in [0.25, 0.3) is 0 Å². The van der Waals surface area contributed by atoms with Gasteiger partial charge in [-0.05, 0) is 24.8 Å². The fourth-order valence-corrected chi connectivity index (χ4v) is 2.93. The van der Waals surface area contributed by atoms with Crippen molar-refractivity contribution in [3.05, 3.63) is 35.9 Å². The molecular weight excluding hydrogens is 264 g/mol. The van der Waals surface area contributed by atoms with Gasteiger partial charge in [0.15, 0.2) is 0 Å². The molecule has 112 valence electrons. The summed E-state index contributed by atoms with van der Waals surface area (Å²) in [7, 11) is 0. The third kappa shape index (κ3) is 3.83. The minimum absolute atomic E-state index is 0.123. The molecule has 1 aliphatic carbocycles. The highest BCUT2D eigenvalue weighted by atomic mass is 16.3. The van der Waals surface area contributed by atoms with Gasteiger partial charge in [-0.1, -0.05) is 49.6 Å². The number of aliphatic hydroxyl groups is 1. The first kappa shape index (κ1) is 15.5. The highest BCUT2D eigenvalue weighted by Crippen LogP contribution is 2.35. The Labute approximate surface area is 125 Å². The van der Waals surface area contributed by atoms with Crippen molar-refractivity contribution in [1.29, 1.82) is 5.26 Å². The summed E-state index contributed by atoms with van der Waals surface area (Å²) in [6.07, 6.45) is 4.75. The van der Waals surface area contributed by atoms with Gasteiger partial charge in [0.25, 0.3) is 0 Å². The van der Waals surface area contributed by atoms with Crippen LogP contribution in [-0.4, -0.2) is 23.7 Å². The van der Waals surface area contributed by atoms with Crippen LogP contribution in [0.4, 0.5) is 0 Å². The maximum Gasteiger partial charge on any atom is 0.240 e. The average molecular weight is 286 g/mol. The van der Waals surface area contributed by atoms with Gasteiger partial charge in [0, 0.05) is 0 Å². The SMILES string of the molecule is N#CC1(C(=O)N[C@@H](CO)Cc2ccccc2)CCCCC1. The average Bonchev–Trinajstić information content (AvgIpc) is 2.55. The summed E-state index contributed by atoms with van der Waals surface area (Å²) in [6, 6.07) is 11.6. The van der Waals surface area contributed by atoms with Gasteiger partial charge < -0.3 is 10.4 Å². The van der Waals surface area contributed by atoms with Crippen molar-refractivity contribution >= 4 is 5.91 Å². The molecule has 0 radical (unpaired) electrons. The Morgan fingerprint density at radius 1 is 1.29 bits per heavy atom. The Bertz CT molecular complexity index is 501. The van der Waals surface area contributed by atoms with E-state index in [0.717, 1.165) is 24.8 Å². The number of amides is 1. The molecule has 1 aromatic carbocycles. The van der Waals surface area contributed by atoms with Gasteiger partial charge in [0.05, 0.1) is 18.7 Å². The Hall–Kier alpha value is -1.86. The molecule has 0 unspecified atom stereocenters. The van der Waals surface area contributed by atoms with Gasteiger partial charge in [-0.2, -0.15) is 5.26 Å². The largest absolute Gasteiger partial charge is 0.394 e. The monoisotopic (exact) mass is 286 g/mol. The molecule has 1 amide bonds. The highest BCUT2D eigenvalue weighted by Gasteiger charge is 2.40. The molecule has 0 aromatic heterocycles. The second-order valence-corrected chi connectivity index (χ2v) is 5.80.